The standard InChI is InChI=1S/C14H19NOS/c1-10-14(16,7-9-17-10)12-6-2-4-11-5-3-8-15-13(11)12/h3,5,8,10,12,16H,2,4,6-7,9H2,1H3. The van der Waals surface area contributed by atoms with Gasteiger partial charge >= 0.3 is 0 Å². The molecule has 1 saturated heterocycles. The molecule has 0 aromatic carbocycles. The number of aliphatic hydroxyl groups is 1. The van der Waals surface area contributed by atoms with Crippen molar-refractivity contribution in [1.29, 1.82) is 0 Å². The van der Waals surface area contributed by atoms with E-state index >= 15 is 0 Å². The molecule has 3 rings (SSSR count). The molecule has 1 fully saturated rings. The third-order valence-electron chi connectivity index (χ3n) is 4.37. The van der Waals surface area contributed by atoms with Crippen molar-refractivity contribution in [2.75, 3.05) is 5.75 Å². The second kappa shape index (κ2) is 4.29. The molecule has 2 nitrogen and oxygen atoms in total. The van der Waals surface area contributed by atoms with Crippen LogP contribution in [-0.2, 0) is 6.42 Å². The summed E-state index contributed by atoms with van der Waals surface area (Å²) in [6.45, 7) is 2.16. The molecule has 3 heteroatoms. The zero-order valence-corrected chi connectivity index (χ0v) is 11.0. The summed E-state index contributed by atoms with van der Waals surface area (Å²) < 4.78 is 0. The summed E-state index contributed by atoms with van der Waals surface area (Å²) in [7, 11) is 0. The normalized spacial score (nSPS) is 36.8. The number of fused-ring (bicyclic) bond motifs is 1. The third kappa shape index (κ3) is 1.80. The third-order valence-corrected chi connectivity index (χ3v) is 5.72. The summed E-state index contributed by atoms with van der Waals surface area (Å²) in [4.78, 5) is 4.56. The zero-order valence-electron chi connectivity index (χ0n) is 10.2. The number of aromatic nitrogens is 1. The lowest BCUT2D eigenvalue weighted by Gasteiger charge is -2.38. The fraction of sp³-hybridized carbons (Fsp3) is 0.643. The van der Waals surface area contributed by atoms with E-state index in [1.54, 1.807) is 0 Å². The fourth-order valence-corrected chi connectivity index (χ4v) is 4.67. The molecule has 0 bridgehead atoms. The largest absolute Gasteiger partial charge is 0.388 e. The topological polar surface area (TPSA) is 33.1 Å². The van der Waals surface area contributed by atoms with Gasteiger partial charge in [0.2, 0.25) is 0 Å². The Balaban J connectivity index is 2.00. The first kappa shape index (κ1) is 11.5. The van der Waals surface area contributed by atoms with Crippen molar-refractivity contribution in [2.24, 2.45) is 0 Å². The number of aryl methyl sites for hydroxylation is 1. The van der Waals surface area contributed by atoms with Crippen LogP contribution in [0.4, 0.5) is 0 Å². The Morgan fingerprint density at radius 3 is 3.18 bits per heavy atom. The van der Waals surface area contributed by atoms with Crippen molar-refractivity contribution in [2.45, 2.75) is 49.4 Å². The van der Waals surface area contributed by atoms with Gasteiger partial charge in [0.05, 0.1) is 5.60 Å². The van der Waals surface area contributed by atoms with Crippen LogP contribution in [0.5, 0.6) is 0 Å². The summed E-state index contributed by atoms with van der Waals surface area (Å²) in [6, 6.07) is 4.18. The molecule has 0 amide bonds. The van der Waals surface area contributed by atoms with Gasteiger partial charge in [-0.15, -0.1) is 0 Å². The van der Waals surface area contributed by atoms with Crippen molar-refractivity contribution in [3.8, 4) is 0 Å². The fourth-order valence-electron chi connectivity index (χ4n) is 3.30. The van der Waals surface area contributed by atoms with E-state index in [2.05, 4.69) is 18.0 Å². The maximum absolute atomic E-state index is 11.0. The predicted molar refractivity (Wildman–Crippen MR) is 71.4 cm³/mol. The number of thioether (sulfide) groups is 1. The van der Waals surface area contributed by atoms with Crippen molar-refractivity contribution in [3.63, 3.8) is 0 Å². The van der Waals surface area contributed by atoms with E-state index in [1.807, 2.05) is 24.0 Å². The molecular weight excluding hydrogens is 230 g/mol. The number of hydrogen-bond donors (Lipinski definition) is 1. The quantitative estimate of drug-likeness (QED) is 0.831. The summed E-state index contributed by atoms with van der Waals surface area (Å²) in [5, 5.41) is 11.3. The lowest BCUT2D eigenvalue weighted by molar-refractivity contribution is 0.0102. The summed E-state index contributed by atoms with van der Waals surface area (Å²) >= 11 is 1.89. The van der Waals surface area contributed by atoms with Crippen LogP contribution in [-0.4, -0.2) is 26.7 Å². The molecule has 1 aliphatic heterocycles. The first-order valence-electron chi connectivity index (χ1n) is 6.49. The van der Waals surface area contributed by atoms with Gasteiger partial charge in [-0.25, -0.2) is 0 Å². The summed E-state index contributed by atoms with van der Waals surface area (Å²) in [5.74, 6) is 1.33. The Bertz CT molecular complexity index is 422. The molecule has 0 spiro atoms. The van der Waals surface area contributed by atoms with E-state index in [1.165, 1.54) is 12.0 Å². The molecule has 1 aromatic rings. The monoisotopic (exact) mass is 249 g/mol. The molecular formula is C14H19NOS. The van der Waals surface area contributed by atoms with E-state index in [-0.39, 0.29) is 5.92 Å². The van der Waals surface area contributed by atoms with Gasteiger partial charge in [0, 0.05) is 23.1 Å². The van der Waals surface area contributed by atoms with Crippen LogP contribution in [0.3, 0.4) is 0 Å². The number of pyridine rings is 1. The van der Waals surface area contributed by atoms with Gasteiger partial charge in [-0.1, -0.05) is 13.0 Å². The maximum atomic E-state index is 11.0. The highest BCUT2D eigenvalue weighted by Crippen LogP contribution is 2.48. The van der Waals surface area contributed by atoms with Crippen LogP contribution >= 0.6 is 11.8 Å². The van der Waals surface area contributed by atoms with Gasteiger partial charge in [-0.05, 0) is 43.1 Å². The molecule has 1 N–H and O–H groups in total. The minimum Gasteiger partial charge on any atom is -0.388 e. The van der Waals surface area contributed by atoms with E-state index in [0.29, 0.717) is 5.25 Å². The Labute approximate surface area is 107 Å². The first-order valence-corrected chi connectivity index (χ1v) is 7.54. The van der Waals surface area contributed by atoms with Crippen molar-refractivity contribution < 1.29 is 5.11 Å². The minimum atomic E-state index is -0.534. The molecule has 1 aliphatic carbocycles. The molecule has 0 saturated carbocycles. The van der Waals surface area contributed by atoms with Gasteiger partial charge in [0.15, 0.2) is 0 Å². The van der Waals surface area contributed by atoms with Crippen LogP contribution < -0.4 is 0 Å². The van der Waals surface area contributed by atoms with Crippen LogP contribution in [0.25, 0.3) is 0 Å². The first-order chi connectivity index (χ1) is 8.22. The molecule has 0 radical (unpaired) electrons. The van der Waals surface area contributed by atoms with Crippen LogP contribution in [0.15, 0.2) is 18.3 Å². The summed E-state index contributed by atoms with van der Waals surface area (Å²) in [5.41, 5.74) is 1.98. The van der Waals surface area contributed by atoms with Crippen molar-refractivity contribution in [3.05, 3.63) is 29.6 Å². The molecule has 17 heavy (non-hydrogen) atoms. The average molecular weight is 249 g/mol. The van der Waals surface area contributed by atoms with Gasteiger partial charge in [-0.3, -0.25) is 4.98 Å². The predicted octanol–water partition coefficient (Wildman–Crippen LogP) is 2.76. The van der Waals surface area contributed by atoms with Crippen LogP contribution in [0.1, 0.15) is 43.4 Å². The molecule has 92 valence electrons. The van der Waals surface area contributed by atoms with Crippen LogP contribution in [0.2, 0.25) is 0 Å². The zero-order chi connectivity index (χ0) is 11.9. The molecule has 1 aromatic heterocycles. The van der Waals surface area contributed by atoms with Gasteiger partial charge in [0.25, 0.3) is 0 Å². The SMILES string of the molecule is CC1SCCC1(O)C1CCCc2cccnc21. The molecule has 2 aliphatic rings. The van der Waals surface area contributed by atoms with Crippen molar-refractivity contribution >= 4 is 11.8 Å². The number of nitrogens with zero attached hydrogens (tertiary/aromatic N) is 1. The smallest absolute Gasteiger partial charge is 0.0854 e. The average Bonchev–Trinajstić information content (AvgIpc) is 2.70. The lowest BCUT2D eigenvalue weighted by atomic mass is 9.73. The highest BCUT2D eigenvalue weighted by molar-refractivity contribution is 8.00. The second-order valence-corrected chi connectivity index (χ2v) is 6.70. The highest BCUT2D eigenvalue weighted by Gasteiger charge is 2.47. The molecule has 2 heterocycles. The Hall–Kier alpha value is -0.540. The van der Waals surface area contributed by atoms with Gasteiger partial charge in [0.1, 0.15) is 0 Å². The minimum absolute atomic E-state index is 0.248. The van der Waals surface area contributed by atoms with Gasteiger partial charge < -0.3 is 5.11 Å². The van der Waals surface area contributed by atoms with Gasteiger partial charge in [-0.2, -0.15) is 11.8 Å². The molecule has 3 unspecified atom stereocenters. The lowest BCUT2D eigenvalue weighted by Crippen LogP contribution is -2.43. The highest BCUT2D eigenvalue weighted by atomic mass is 32.2. The van der Waals surface area contributed by atoms with Crippen LogP contribution in [0, 0.1) is 0 Å². The molecule has 3 atom stereocenters. The van der Waals surface area contributed by atoms with E-state index in [9.17, 15) is 5.11 Å². The van der Waals surface area contributed by atoms with E-state index < -0.39 is 5.60 Å². The Kier molecular flexibility index (Phi) is 2.91. The Morgan fingerprint density at radius 2 is 2.41 bits per heavy atom. The number of rotatable bonds is 1. The van der Waals surface area contributed by atoms with E-state index in [0.717, 1.165) is 30.7 Å². The van der Waals surface area contributed by atoms with Crippen molar-refractivity contribution in [1.82, 2.24) is 4.98 Å². The van der Waals surface area contributed by atoms with E-state index in [4.69, 9.17) is 0 Å². The number of hydrogen-bond acceptors (Lipinski definition) is 3. The maximum Gasteiger partial charge on any atom is 0.0854 e. The Morgan fingerprint density at radius 1 is 1.53 bits per heavy atom. The second-order valence-electron chi connectivity index (χ2n) is 5.25. The summed E-state index contributed by atoms with van der Waals surface area (Å²) in [6.07, 6.45) is 6.18.